The Morgan fingerprint density at radius 1 is 0.750 bits per heavy atom. The summed E-state index contributed by atoms with van der Waals surface area (Å²) in [7, 11) is 0. The second kappa shape index (κ2) is 4.71. The summed E-state index contributed by atoms with van der Waals surface area (Å²) >= 11 is 0. The van der Waals surface area contributed by atoms with Gasteiger partial charge in [0.15, 0.2) is 0 Å². The zero-order chi connectivity index (χ0) is 14.9. The minimum Gasteiger partial charge on any atom is -0.508 e. The highest BCUT2D eigenvalue weighted by Crippen LogP contribution is 2.42. The van der Waals surface area contributed by atoms with E-state index in [-0.39, 0.29) is 28.2 Å². The number of nitrogens with zero attached hydrogens (tertiary/aromatic N) is 2. The van der Waals surface area contributed by atoms with Crippen molar-refractivity contribution in [3.8, 4) is 46.3 Å². The lowest BCUT2D eigenvalue weighted by atomic mass is 9.96. The lowest BCUT2D eigenvalue weighted by molar-refractivity contribution is 0.453. The zero-order valence-electron chi connectivity index (χ0n) is 9.99. The van der Waals surface area contributed by atoms with Crippen LogP contribution in [0.1, 0.15) is 11.1 Å². The monoisotopic (exact) mass is 268 g/mol. The summed E-state index contributed by atoms with van der Waals surface area (Å²) in [6, 6.07) is 7.89. The molecule has 0 aliphatic carbocycles. The van der Waals surface area contributed by atoms with Crippen molar-refractivity contribution in [2.45, 2.75) is 0 Å². The van der Waals surface area contributed by atoms with Gasteiger partial charge >= 0.3 is 0 Å². The molecule has 0 saturated carbocycles. The van der Waals surface area contributed by atoms with Gasteiger partial charge in [-0.05, 0) is 24.3 Å². The Kier molecular flexibility index (Phi) is 3.08. The molecule has 0 heterocycles. The largest absolute Gasteiger partial charge is 0.508 e. The van der Waals surface area contributed by atoms with E-state index in [0.717, 1.165) is 12.1 Å². The first-order valence-electron chi connectivity index (χ1n) is 5.41. The summed E-state index contributed by atoms with van der Waals surface area (Å²) in [5.41, 5.74) is -0.788. The molecule has 4 N–H and O–H groups in total. The normalized spacial score (nSPS) is 9.70. The third kappa shape index (κ3) is 1.92. The molecule has 0 spiro atoms. The average Bonchev–Trinajstić information content (AvgIpc) is 2.43. The Morgan fingerprint density at radius 2 is 1.40 bits per heavy atom. The van der Waals surface area contributed by atoms with Crippen LogP contribution in [0, 0.1) is 22.7 Å². The number of rotatable bonds is 1. The first kappa shape index (κ1) is 13.1. The third-order valence-electron chi connectivity index (χ3n) is 2.77. The molecule has 0 aromatic heterocycles. The van der Waals surface area contributed by atoms with Gasteiger partial charge in [-0.25, -0.2) is 0 Å². The fourth-order valence-corrected chi connectivity index (χ4v) is 1.83. The van der Waals surface area contributed by atoms with Crippen molar-refractivity contribution in [2.24, 2.45) is 0 Å². The SMILES string of the molecule is N#Cc1c(O)cc(-c2cc(O)ccc2O)c(O)c1C#N. The topological polar surface area (TPSA) is 128 Å². The highest BCUT2D eigenvalue weighted by molar-refractivity contribution is 5.82. The van der Waals surface area contributed by atoms with Gasteiger partial charge in [0, 0.05) is 11.1 Å². The molecule has 0 radical (unpaired) electrons. The van der Waals surface area contributed by atoms with Crippen molar-refractivity contribution in [1.29, 1.82) is 10.5 Å². The first-order chi connectivity index (χ1) is 9.49. The van der Waals surface area contributed by atoms with E-state index in [0.29, 0.717) is 0 Å². The number of nitriles is 2. The second-order valence-electron chi connectivity index (χ2n) is 3.97. The molecule has 2 rings (SSSR count). The van der Waals surface area contributed by atoms with Gasteiger partial charge in [-0.3, -0.25) is 0 Å². The molecule has 98 valence electrons. The Balaban J connectivity index is 2.84. The molecular weight excluding hydrogens is 260 g/mol. The van der Waals surface area contributed by atoms with Crippen LogP contribution >= 0.6 is 0 Å². The highest BCUT2D eigenvalue weighted by atomic mass is 16.3. The van der Waals surface area contributed by atoms with Gasteiger partial charge in [-0.1, -0.05) is 0 Å². The molecule has 2 aromatic rings. The van der Waals surface area contributed by atoms with E-state index in [1.54, 1.807) is 12.1 Å². The van der Waals surface area contributed by atoms with Crippen molar-refractivity contribution in [2.75, 3.05) is 0 Å². The van der Waals surface area contributed by atoms with Gasteiger partial charge in [-0.15, -0.1) is 0 Å². The number of aromatic hydroxyl groups is 4. The molecular formula is C14H8N2O4. The summed E-state index contributed by atoms with van der Waals surface area (Å²) in [5.74, 6) is -1.48. The third-order valence-corrected chi connectivity index (χ3v) is 2.77. The summed E-state index contributed by atoms with van der Waals surface area (Å²) in [5, 5.41) is 56.7. The van der Waals surface area contributed by atoms with Crippen LogP contribution in [0.5, 0.6) is 23.0 Å². The fourth-order valence-electron chi connectivity index (χ4n) is 1.83. The molecule has 0 atom stereocenters. The van der Waals surface area contributed by atoms with Crippen LogP contribution in [-0.2, 0) is 0 Å². The van der Waals surface area contributed by atoms with E-state index in [9.17, 15) is 20.4 Å². The minimum atomic E-state index is -0.553. The van der Waals surface area contributed by atoms with E-state index in [2.05, 4.69) is 0 Å². The first-order valence-corrected chi connectivity index (χ1v) is 5.41. The lowest BCUT2D eigenvalue weighted by Gasteiger charge is -2.11. The predicted molar refractivity (Wildman–Crippen MR) is 68.0 cm³/mol. The quantitative estimate of drug-likeness (QED) is 0.585. The van der Waals surface area contributed by atoms with Gasteiger partial charge in [0.05, 0.1) is 0 Å². The average molecular weight is 268 g/mol. The Hall–Kier alpha value is -3.38. The van der Waals surface area contributed by atoms with Crippen molar-refractivity contribution >= 4 is 0 Å². The maximum absolute atomic E-state index is 10.0. The van der Waals surface area contributed by atoms with E-state index in [1.807, 2.05) is 0 Å². The van der Waals surface area contributed by atoms with Gasteiger partial charge in [0.1, 0.15) is 46.3 Å². The van der Waals surface area contributed by atoms with Crippen molar-refractivity contribution in [1.82, 2.24) is 0 Å². The molecule has 0 aliphatic rings. The van der Waals surface area contributed by atoms with Crippen LogP contribution in [0.15, 0.2) is 24.3 Å². The lowest BCUT2D eigenvalue weighted by Crippen LogP contribution is -1.90. The molecule has 6 nitrogen and oxygen atoms in total. The highest BCUT2D eigenvalue weighted by Gasteiger charge is 2.20. The summed E-state index contributed by atoms with van der Waals surface area (Å²) in [6.45, 7) is 0. The molecule has 0 bridgehead atoms. The van der Waals surface area contributed by atoms with Crippen LogP contribution in [0.4, 0.5) is 0 Å². The Labute approximate surface area is 113 Å². The van der Waals surface area contributed by atoms with Crippen LogP contribution < -0.4 is 0 Å². The zero-order valence-corrected chi connectivity index (χ0v) is 9.99. The number of phenolic OH excluding ortho intramolecular Hbond substituents is 4. The smallest absolute Gasteiger partial charge is 0.142 e. The van der Waals surface area contributed by atoms with E-state index >= 15 is 0 Å². The van der Waals surface area contributed by atoms with Gasteiger partial charge in [0.2, 0.25) is 0 Å². The minimum absolute atomic E-state index is 0.0267. The van der Waals surface area contributed by atoms with E-state index in [1.165, 1.54) is 12.1 Å². The van der Waals surface area contributed by atoms with Crippen LogP contribution in [0.3, 0.4) is 0 Å². The summed E-state index contributed by atoms with van der Waals surface area (Å²) in [6.07, 6.45) is 0. The second-order valence-corrected chi connectivity index (χ2v) is 3.97. The number of hydrogen-bond donors (Lipinski definition) is 4. The fraction of sp³-hybridized carbons (Fsp3) is 0. The maximum atomic E-state index is 10.0. The van der Waals surface area contributed by atoms with Crippen LogP contribution in [-0.4, -0.2) is 20.4 Å². The molecule has 0 unspecified atom stereocenters. The van der Waals surface area contributed by atoms with Crippen molar-refractivity contribution < 1.29 is 20.4 Å². The van der Waals surface area contributed by atoms with Gasteiger partial charge < -0.3 is 20.4 Å². The number of phenols is 4. The predicted octanol–water partition coefficient (Wildman–Crippen LogP) is 1.92. The van der Waals surface area contributed by atoms with Crippen LogP contribution in [0.2, 0.25) is 0 Å². The van der Waals surface area contributed by atoms with Crippen molar-refractivity contribution in [3.63, 3.8) is 0 Å². The van der Waals surface area contributed by atoms with Gasteiger partial charge in [0.25, 0.3) is 0 Å². The number of benzene rings is 2. The maximum Gasteiger partial charge on any atom is 0.142 e. The Morgan fingerprint density at radius 3 is 2.00 bits per heavy atom. The summed E-state index contributed by atoms with van der Waals surface area (Å²) < 4.78 is 0. The molecule has 0 aliphatic heterocycles. The van der Waals surface area contributed by atoms with Gasteiger partial charge in [-0.2, -0.15) is 10.5 Å². The van der Waals surface area contributed by atoms with Crippen molar-refractivity contribution in [3.05, 3.63) is 35.4 Å². The van der Waals surface area contributed by atoms with Crippen LogP contribution in [0.25, 0.3) is 11.1 Å². The molecule has 0 fully saturated rings. The molecule has 0 amide bonds. The van der Waals surface area contributed by atoms with E-state index in [4.69, 9.17) is 10.5 Å². The Bertz CT molecular complexity index is 785. The number of hydrogen-bond acceptors (Lipinski definition) is 6. The molecule has 0 saturated heterocycles. The molecule has 2 aromatic carbocycles. The van der Waals surface area contributed by atoms with E-state index < -0.39 is 17.1 Å². The molecule has 20 heavy (non-hydrogen) atoms. The summed E-state index contributed by atoms with van der Waals surface area (Å²) in [4.78, 5) is 0. The standard InChI is InChI=1S/C14H8N2O4/c15-5-10-11(6-16)14(20)9(4-13(10)19)8-3-7(17)1-2-12(8)18/h1-4,17-20H. The molecule has 6 heteroatoms.